The number of benzene rings is 1. The van der Waals surface area contributed by atoms with Crippen LogP contribution in [0.4, 0.5) is 17.6 Å². The number of esters is 2. The second-order valence-electron chi connectivity index (χ2n) is 6.70. The number of hydrogen-bond donors (Lipinski definition) is 0. The average molecular weight is 527 g/mol. The Labute approximate surface area is 199 Å². The van der Waals surface area contributed by atoms with E-state index in [4.69, 9.17) is 16.3 Å². The molecule has 1 heterocycles. The van der Waals surface area contributed by atoms with Crippen LogP contribution in [0.3, 0.4) is 0 Å². The van der Waals surface area contributed by atoms with Crippen LogP contribution in [0.25, 0.3) is 5.69 Å². The molecule has 0 spiro atoms. The molecule has 0 aliphatic rings. The van der Waals surface area contributed by atoms with Gasteiger partial charge in [-0.05, 0) is 25.5 Å². The van der Waals surface area contributed by atoms with Crippen molar-refractivity contribution in [1.82, 2.24) is 9.13 Å². The Kier molecular flexibility index (Phi) is 8.95. The highest BCUT2D eigenvalue weighted by molar-refractivity contribution is 8.00. The van der Waals surface area contributed by atoms with Gasteiger partial charge in [0.05, 0.1) is 17.3 Å². The highest BCUT2D eigenvalue weighted by Crippen LogP contribution is 2.35. The van der Waals surface area contributed by atoms with Gasteiger partial charge < -0.3 is 9.47 Å². The molecular weight excluding hydrogens is 508 g/mol. The number of hydrogen-bond acceptors (Lipinski definition) is 7. The van der Waals surface area contributed by atoms with E-state index in [1.807, 2.05) is 0 Å². The van der Waals surface area contributed by atoms with Crippen LogP contribution in [0.15, 0.2) is 32.7 Å². The lowest BCUT2D eigenvalue weighted by Gasteiger charge is -2.17. The van der Waals surface area contributed by atoms with Crippen LogP contribution >= 0.6 is 23.4 Å². The third-order valence-electron chi connectivity index (χ3n) is 4.39. The largest absolute Gasteiger partial charge is 0.463 e. The molecule has 0 amide bonds. The highest BCUT2D eigenvalue weighted by atomic mass is 35.5. The molecule has 1 aromatic heterocycles. The first-order chi connectivity index (χ1) is 15.8. The van der Waals surface area contributed by atoms with Crippen molar-refractivity contribution in [3.8, 4) is 5.69 Å². The molecule has 0 aliphatic carbocycles. The van der Waals surface area contributed by atoms with Crippen LogP contribution in [0.1, 0.15) is 26.0 Å². The minimum atomic E-state index is -4.98. The molecule has 34 heavy (non-hydrogen) atoms. The monoisotopic (exact) mass is 526 g/mol. The maximum Gasteiger partial charge on any atom is 0.431 e. The van der Waals surface area contributed by atoms with E-state index in [2.05, 4.69) is 4.74 Å². The summed E-state index contributed by atoms with van der Waals surface area (Å²) >= 11 is 6.85. The summed E-state index contributed by atoms with van der Waals surface area (Å²) in [6.45, 7) is 2.67. The van der Waals surface area contributed by atoms with E-state index in [1.165, 1.54) is 0 Å². The van der Waals surface area contributed by atoms with Gasteiger partial charge in [0.15, 0.2) is 6.61 Å². The Morgan fingerprint density at radius 2 is 1.79 bits per heavy atom. The zero-order chi connectivity index (χ0) is 25.8. The Morgan fingerprint density at radius 3 is 2.35 bits per heavy atom. The number of carbonyl (C=O) groups is 2. The van der Waals surface area contributed by atoms with Crippen LogP contribution in [-0.4, -0.2) is 39.5 Å². The number of rotatable bonds is 8. The normalized spacial score (nSPS) is 12.4. The second-order valence-corrected chi connectivity index (χ2v) is 8.36. The first-order valence-corrected chi connectivity index (χ1v) is 11.0. The first kappa shape index (κ1) is 27.4. The van der Waals surface area contributed by atoms with Crippen LogP contribution in [0, 0.1) is 5.82 Å². The van der Waals surface area contributed by atoms with Crippen molar-refractivity contribution in [2.45, 2.75) is 36.6 Å². The molecule has 0 saturated carbocycles. The summed E-state index contributed by atoms with van der Waals surface area (Å²) in [7, 11) is 0.789. The van der Waals surface area contributed by atoms with Gasteiger partial charge in [0.2, 0.25) is 0 Å². The molecule has 14 heteroatoms. The molecule has 0 radical (unpaired) electrons. The number of thioether (sulfide) groups is 1. The number of nitrogens with zero attached hydrogens (tertiary/aromatic N) is 2. The number of aromatic nitrogens is 2. The lowest BCUT2D eigenvalue weighted by molar-refractivity contribution is -0.158. The number of carbonyl (C=O) groups excluding carboxylic acids is 2. The molecule has 0 aliphatic heterocycles. The van der Waals surface area contributed by atoms with E-state index in [-0.39, 0.29) is 38.1 Å². The molecule has 2 aromatic rings. The predicted octanol–water partition coefficient (Wildman–Crippen LogP) is 3.32. The molecule has 0 saturated heterocycles. The summed E-state index contributed by atoms with van der Waals surface area (Å²) in [6.07, 6.45) is -4.79. The molecule has 0 fully saturated rings. The zero-order valence-electron chi connectivity index (χ0n) is 18.1. The molecule has 8 nitrogen and oxygen atoms in total. The maximum absolute atomic E-state index is 14.6. The second kappa shape index (κ2) is 11.1. The predicted molar refractivity (Wildman–Crippen MR) is 115 cm³/mol. The van der Waals surface area contributed by atoms with Gasteiger partial charge >= 0.3 is 23.8 Å². The molecule has 1 aromatic carbocycles. The summed E-state index contributed by atoms with van der Waals surface area (Å²) in [5.74, 6) is -2.70. The first-order valence-electron chi connectivity index (χ1n) is 9.70. The Balaban J connectivity index is 2.46. The van der Waals surface area contributed by atoms with Gasteiger partial charge in [-0.25, -0.2) is 18.5 Å². The molecule has 186 valence electrons. The quantitative estimate of drug-likeness (QED) is 0.296. The van der Waals surface area contributed by atoms with Crippen molar-refractivity contribution in [1.29, 1.82) is 0 Å². The van der Waals surface area contributed by atoms with Crippen molar-refractivity contribution in [3.05, 3.63) is 55.6 Å². The van der Waals surface area contributed by atoms with Gasteiger partial charge in [0.1, 0.15) is 16.8 Å². The smallest absolute Gasteiger partial charge is 0.431 e. The number of halogens is 5. The van der Waals surface area contributed by atoms with Gasteiger partial charge in [-0.15, -0.1) is 11.8 Å². The average Bonchev–Trinajstić information content (AvgIpc) is 2.74. The Hall–Kier alpha value is -2.80. The van der Waals surface area contributed by atoms with Crippen LogP contribution in [0.2, 0.25) is 5.02 Å². The maximum atomic E-state index is 14.6. The van der Waals surface area contributed by atoms with Gasteiger partial charge in [-0.1, -0.05) is 18.5 Å². The summed E-state index contributed by atoms with van der Waals surface area (Å²) in [4.78, 5) is 48.6. The molecule has 1 unspecified atom stereocenters. The SMILES string of the molecule is CCOC(=O)COC(=O)C(CC)Sc1cc(-n2c(=O)cc(C(F)(F)F)n(C)c2=O)c(F)cc1Cl. The summed E-state index contributed by atoms with van der Waals surface area (Å²) < 4.78 is 63.8. The van der Waals surface area contributed by atoms with E-state index in [1.54, 1.807) is 13.8 Å². The minimum Gasteiger partial charge on any atom is -0.463 e. The van der Waals surface area contributed by atoms with Gasteiger partial charge in [0.25, 0.3) is 5.56 Å². The number of alkyl halides is 3. The van der Waals surface area contributed by atoms with Crippen molar-refractivity contribution < 1.29 is 36.6 Å². The highest BCUT2D eigenvalue weighted by Gasteiger charge is 2.35. The molecule has 0 bridgehead atoms. The van der Waals surface area contributed by atoms with Crippen molar-refractivity contribution in [2.75, 3.05) is 13.2 Å². The van der Waals surface area contributed by atoms with Gasteiger partial charge in [0, 0.05) is 18.0 Å². The van der Waals surface area contributed by atoms with Crippen LogP contribution in [0.5, 0.6) is 0 Å². The van der Waals surface area contributed by atoms with Crippen molar-refractivity contribution in [3.63, 3.8) is 0 Å². The topological polar surface area (TPSA) is 96.6 Å². The van der Waals surface area contributed by atoms with Crippen molar-refractivity contribution in [2.24, 2.45) is 7.05 Å². The van der Waals surface area contributed by atoms with E-state index >= 15 is 0 Å². The van der Waals surface area contributed by atoms with E-state index in [0.717, 1.165) is 30.9 Å². The Bertz CT molecular complexity index is 1210. The van der Waals surface area contributed by atoms with E-state index in [9.17, 15) is 36.7 Å². The van der Waals surface area contributed by atoms with E-state index in [0.29, 0.717) is 0 Å². The molecular formula is C20H19ClF4N2O6S. The van der Waals surface area contributed by atoms with Gasteiger partial charge in [-0.3, -0.25) is 14.2 Å². The minimum absolute atomic E-state index is 0.0480. The lowest BCUT2D eigenvalue weighted by Crippen LogP contribution is -2.41. The zero-order valence-corrected chi connectivity index (χ0v) is 19.6. The fourth-order valence-corrected chi connectivity index (χ4v) is 4.05. The Morgan fingerprint density at radius 1 is 1.15 bits per heavy atom. The standard InChI is InChI=1S/C20H19ClF4N2O6S/c1-4-13(18(30)33-9-17(29)32-5-2)34-14-7-12(11(22)6-10(14)21)27-16(28)8-15(20(23,24)25)26(3)19(27)31/h6-8,13H,4-5,9H2,1-3H3. The van der Waals surface area contributed by atoms with E-state index < -0.39 is 58.4 Å². The molecule has 2 rings (SSSR count). The summed E-state index contributed by atoms with van der Waals surface area (Å²) in [6, 6.07) is 1.91. The van der Waals surface area contributed by atoms with Crippen LogP contribution < -0.4 is 11.2 Å². The fourth-order valence-electron chi connectivity index (χ4n) is 2.78. The molecule has 0 N–H and O–H groups in total. The summed E-state index contributed by atoms with van der Waals surface area (Å²) in [5.41, 5.74) is -4.99. The van der Waals surface area contributed by atoms with Crippen LogP contribution in [-0.2, 0) is 32.3 Å². The van der Waals surface area contributed by atoms with Crippen molar-refractivity contribution >= 4 is 35.3 Å². The summed E-state index contributed by atoms with van der Waals surface area (Å²) in [5, 5.41) is -1.10. The number of ether oxygens (including phenoxy) is 2. The third kappa shape index (κ3) is 6.20. The fraction of sp³-hybridized carbons (Fsp3) is 0.400. The lowest BCUT2D eigenvalue weighted by atomic mass is 10.3. The van der Waals surface area contributed by atoms with Gasteiger partial charge in [-0.2, -0.15) is 13.2 Å². The molecule has 1 atom stereocenters. The third-order valence-corrected chi connectivity index (χ3v) is 6.22.